The lowest BCUT2D eigenvalue weighted by Crippen LogP contribution is -2.54. The van der Waals surface area contributed by atoms with Crippen molar-refractivity contribution < 1.29 is 0 Å². The van der Waals surface area contributed by atoms with Gasteiger partial charge in [-0.2, -0.15) is 0 Å². The summed E-state index contributed by atoms with van der Waals surface area (Å²) in [6.45, 7) is 9.00. The summed E-state index contributed by atoms with van der Waals surface area (Å²) in [5, 5.41) is 6.20. The molecule has 0 amide bonds. The Morgan fingerprint density at radius 1 is 0.929 bits per heavy atom. The molecule has 3 aromatic rings. The number of piperazine rings is 1. The fourth-order valence-electron chi connectivity index (χ4n) is 4.43. The van der Waals surface area contributed by atoms with Crippen LogP contribution in [0.15, 0.2) is 43.7 Å². The first-order valence-electron chi connectivity index (χ1n) is 9.47. The number of nitrogens with one attached hydrogen (secondary N) is 1. The molecule has 0 radical (unpaired) electrons. The molecule has 1 fully saturated rings. The number of hydrogen-bond donors (Lipinski definition) is 1. The van der Waals surface area contributed by atoms with Crippen LogP contribution >= 0.6 is 60.2 Å². The van der Waals surface area contributed by atoms with Gasteiger partial charge in [0.25, 0.3) is 0 Å². The Morgan fingerprint density at radius 3 is 2.32 bits per heavy atom. The standard InChI is InChI=1S/C21H24Br3N3.ClH/c1-13-11-26(12-14(2)25-13)6-3-7-27-20-5-4-15(22)8-17(20)18-9-16(23)10-19(24)21(18)27;/h4-5,8-10,13-14,25H,3,6-7,11-12H2,1-2H3;1H/t13-,14+;. The van der Waals surface area contributed by atoms with Gasteiger partial charge in [0, 0.05) is 61.4 Å². The number of benzene rings is 2. The van der Waals surface area contributed by atoms with Crippen LogP contribution in [0.5, 0.6) is 0 Å². The zero-order chi connectivity index (χ0) is 19.1. The molecule has 4 rings (SSSR count). The molecule has 0 unspecified atom stereocenters. The van der Waals surface area contributed by atoms with Crippen molar-refractivity contribution in [2.75, 3.05) is 19.6 Å². The summed E-state index contributed by atoms with van der Waals surface area (Å²) in [6, 6.07) is 12.1. The molecule has 1 saturated heterocycles. The Labute approximate surface area is 198 Å². The van der Waals surface area contributed by atoms with Gasteiger partial charge < -0.3 is 14.8 Å². The number of halogens is 4. The molecule has 2 atom stereocenters. The molecule has 0 saturated carbocycles. The minimum Gasteiger partial charge on any atom is -0.340 e. The third-order valence-electron chi connectivity index (χ3n) is 5.33. The minimum atomic E-state index is 0. The molecule has 1 aliphatic heterocycles. The average Bonchev–Trinajstić information content (AvgIpc) is 2.87. The quantitative estimate of drug-likeness (QED) is 0.369. The third kappa shape index (κ3) is 4.62. The minimum absolute atomic E-state index is 0. The molecule has 0 bridgehead atoms. The van der Waals surface area contributed by atoms with Crippen LogP contribution in [0.4, 0.5) is 0 Å². The normalized spacial score (nSPS) is 20.6. The SMILES string of the molecule is C[C@@H]1CN(CCCn2c3ccc(Br)cc3c3cc(Br)cc(Br)c32)C[C@H](C)N1.Cl. The molecule has 0 spiro atoms. The molecule has 1 N–H and O–H groups in total. The molecule has 28 heavy (non-hydrogen) atoms. The van der Waals surface area contributed by atoms with Crippen molar-refractivity contribution in [2.24, 2.45) is 0 Å². The molecule has 2 heterocycles. The predicted molar refractivity (Wildman–Crippen MR) is 133 cm³/mol. The van der Waals surface area contributed by atoms with Gasteiger partial charge in [0.15, 0.2) is 0 Å². The van der Waals surface area contributed by atoms with Crippen molar-refractivity contribution in [1.82, 2.24) is 14.8 Å². The van der Waals surface area contributed by atoms with Crippen molar-refractivity contribution in [3.05, 3.63) is 43.7 Å². The van der Waals surface area contributed by atoms with E-state index in [1.807, 2.05) is 0 Å². The topological polar surface area (TPSA) is 20.2 Å². The molecule has 3 nitrogen and oxygen atoms in total. The number of fused-ring (bicyclic) bond motifs is 3. The maximum atomic E-state index is 3.80. The second kappa shape index (κ2) is 9.36. The number of hydrogen-bond acceptors (Lipinski definition) is 2. The van der Waals surface area contributed by atoms with Crippen LogP contribution in [0.2, 0.25) is 0 Å². The molecular formula is C21H25Br3ClN3. The van der Waals surface area contributed by atoms with Crippen LogP contribution in [0, 0.1) is 0 Å². The maximum absolute atomic E-state index is 3.80. The Morgan fingerprint density at radius 2 is 1.61 bits per heavy atom. The van der Waals surface area contributed by atoms with Crippen LogP contribution in [-0.4, -0.2) is 41.2 Å². The van der Waals surface area contributed by atoms with Crippen molar-refractivity contribution >= 4 is 82.0 Å². The summed E-state index contributed by atoms with van der Waals surface area (Å²) in [7, 11) is 0. The highest BCUT2D eigenvalue weighted by Gasteiger charge is 2.20. The van der Waals surface area contributed by atoms with E-state index < -0.39 is 0 Å². The second-order valence-electron chi connectivity index (χ2n) is 7.68. The Hall–Kier alpha value is -0.110. The maximum Gasteiger partial charge on any atom is 0.0636 e. The summed E-state index contributed by atoms with van der Waals surface area (Å²) in [5.74, 6) is 0. The molecule has 7 heteroatoms. The van der Waals surface area contributed by atoms with Gasteiger partial charge in [-0.15, -0.1) is 12.4 Å². The lowest BCUT2D eigenvalue weighted by atomic mass is 10.1. The van der Waals surface area contributed by atoms with Crippen LogP contribution in [0.1, 0.15) is 20.3 Å². The van der Waals surface area contributed by atoms with Crippen molar-refractivity contribution in [3.63, 3.8) is 0 Å². The van der Waals surface area contributed by atoms with E-state index in [9.17, 15) is 0 Å². The third-order valence-corrected chi connectivity index (χ3v) is 6.88. The molecule has 152 valence electrons. The molecule has 1 aliphatic rings. The van der Waals surface area contributed by atoms with Gasteiger partial charge in [-0.1, -0.05) is 31.9 Å². The first kappa shape index (κ1) is 22.6. The lowest BCUT2D eigenvalue weighted by molar-refractivity contribution is 0.170. The number of rotatable bonds is 4. The fraction of sp³-hybridized carbons (Fsp3) is 0.429. The fourth-order valence-corrected chi connectivity index (χ4v) is 6.23. The molecule has 2 aromatic carbocycles. The van der Waals surface area contributed by atoms with Crippen molar-refractivity contribution in [3.8, 4) is 0 Å². The van der Waals surface area contributed by atoms with Crippen LogP contribution in [0.25, 0.3) is 21.8 Å². The molecule has 1 aromatic heterocycles. The van der Waals surface area contributed by atoms with Gasteiger partial charge in [-0.25, -0.2) is 0 Å². The highest BCUT2D eigenvalue weighted by atomic mass is 79.9. The first-order valence-corrected chi connectivity index (χ1v) is 11.8. The molecule has 0 aliphatic carbocycles. The van der Waals surface area contributed by atoms with Gasteiger partial charge >= 0.3 is 0 Å². The van der Waals surface area contributed by atoms with Gasteiger partial charge in [-0.3, -0.25) is 0 Å². The summed E-state index contributed by atoms with van der Waals surface area (Å²) >= 11 is 11.1. The second-order valence-corrected chi connectivity index (χ2v) is 10.4. The predicted octanol–water partition coefficient (Wildman–Crippen LogP) is 6.58. The van der Waals surface area contributed by atoms with E-state index in [-0.39, 0.29) is 12.4 Å². The van der Waals surface area contributed by atoms with E-state index in [2.05, 4.69) is 107 Å². The van der Waals surface area contributed by atoms with Crippen LogP contribution in [-0.2, 0) is 6.54 Å². The number of nitrogens with zero attached hydrogens (tertiary/aromatic N) is 2. The first-order chi connectivity index (χ1) is 12.9. The van der Waals surface area contributed by atoms with Crippen molar-refractivity contribution in [1.29, 1.82) is 0 Å². The Balaban J connectivity index is 0.00000225. The van der Waals surface area contributed by atoms with Crippen molar-refractivity contribution in [2.45, 2.75) is 38.9 Å². The Bertz CT molecular complexity index is 978. The van der Waals surface area contributed by atoms with Gasteiger partial charge in [0.2, 0.25) is 0 Å². The Kier molecular flexibility index (Phi) is 7.54. The van der Waals surface area contributed by atoms with E-state index >= 15 is 0 Å². The number of aromatic nitrogens is 1. The summed E-state index contributed by atoms with van der Waals surface area (Å²) < 4.78 is 5.84. The van der Waals surface area contributed by atoms with E-state index in [4.69, 9.17) is 0 Å². The highest BCUT2D eigenvalue weighted by molar-refractivity contribution is 9.11. The van der Waals surface area contributed by atoms with E-state index in [1.165, 1.54) is 21.8 Å². The van der Waals surface area contributed by atoms with E-state index in [0.29, 0.717) is 12.1 Å². The largest absolute Gasteiger partial charge is 0.340 e. The highest BCUT2D eigenvalue weighted by Crippen LogP contribution is 2.37. The monoisotopic (exact) mass is 591 g/mol. The smallest absolute Gasteiger partial charge is 0.0636 e. The zero-order valence-electron chi connectivity index (χ0n) is 16.0. The zero-order valence-corrected chi connectivity index (χ0v) is 21.6. The molecular weight excluding hydrogens is 569 g/mol. The van der Waals surface area contributed by atoms with Gasteiger partial charge in [0.05, 0.1) is 5.52 Å². The summed E-state index contributed by atoms with van der Waals surface area (Å²) in [5.41, 5.74) is 2.59. The van der Waals surface area contributed by atoms with Crippen LogP contribution in [0.3, 0.4) is 0 Å². The van der Waals surface area contributed by atoms with E-state index in [1.54, 1.807) is 0 Å². The number of aryl methyl sites for hydroxylation is 1. The van der Waals surface area contributed by atoms with Crippen LogP contribution < -0.4 is 5.32 Å². The van der Waals surface area contributed by atoms with E-state index in [0.717, 1.165) is 46.0 Å². The average molecular weight is 595 g/mol. The van der Waals surface area contributed by atoms with Gasteiger partial charge in [-0.05, 0) is 73.1 Å². The summed E-state index contributed by atoms with van der Waals surface area (Å²) in [6.07, 6.45) is 1.15. The lowest BCUT2D eigenvalue weighted by Gasteiger charge is -2.36. The summed E-state index contributed by atoms with van der Waals surface area (Å²) in [4.78, 5) is 2.60. The van der Waals surface area contributed by atoms with Gasteiger partial charge in [0.1, 0.15) is 0 Å².